The van der Waals surface area contributed by atoms with Crippen molar-refractivity contribution >= 4 is 19.4 Å². The van der Waals surface area contributed by atoms with Crippen molar-refractivity contribution in [3.8, 4) is 6.07 Å². The number of nitrogens with zero attached hydrogens (tertiary/aromatic N) is 3. The standard InChI is InChI=1S/C9H20ClN4OP/c1-8(2)13(7-5-6-11)16(12,15)14(10)9(3)4/h8-9H,5,7H2,1-4H3,(H2,12,15). The molecule has 1 unspecified atom stereocenters. The van der Waals surface area contributed by atoms with Gasteiger partial charge in [0.15, 0.2) is 0 Å². The van der Waals surface area contributed by atoms with Gasteiger partial charge in [0.25, 0.3) is 7.59 Å². The van der Waals surface area contributed by atoms with E-state index in [1.807, 2.05) is 33.8 Å². The largest absolute Gasteiger partial charge is 0.295 e. The van der Waals surface area contributed by atoms with E-state index in [-0.39, 0.29) is 18.5 Å². The lowest BCUT2D eigenvalue weighted by atomic mass is 10.3. The maximum absolute atomic E-state index is 12.4. The minimum absolute atomic E-state index is 0.0239. The molecular formula is C9H20ClN4OP. The first-order valence-corrected chi connectivity index (χ1v) is 7.25. The van der Waals surface area contributed by atoms with E-state index in [1.54, 1.807) is 4.67 Å². The van der Waals surface area contributed by atoms with Crippen molar-refractivity contribution in [1.82, 2.24) is 8.86 Å². The van der Waals surface area contributed by atoms with Gasteiger partial charge in [0.05, 0.1) is 6.07 Å². The van der Waals surface area contributed by atoms with E-state index >= 15 is 0 Å². The molecule has 0 aromatic heterocycles. The van der Waals surface area contributed by atoms with Gasteiger partial charge in [0.1, 0.15) is 0 Å². The Morgan fingerprint density at radius 2 is 1.88 bits per heavy atom. The van der Waals surface area contributed by atoms with Gasteiger partial charge in [-0.3, -0.25) is 10.1 Å². The topological polar surface area (TPSA) is 73.4 Å². The van der Waals surface area contributed by atoms with E-state index in [4.69, 9.17) is 22.5 Å². The molecule has 0 aromatic rings. The predicted octanol–water partition coefficient (Wildman–Crippen LogP) is 2.54. The molecule has 0 saturated heterocycles. The number of nitrogens with two attached hydrogens (primary N) is 1. The predicted molar refractivity (Wildman–Crippen MR) is 66.7 cm³/mol. The molecule has 0 aliphatic rings. The van der Waals surface area contributed by atoms with Crippen LogP contribution in [0.15, 0.2) is 0 Å². The molecule has 0 bridgehead atoms. The van der Waals surface area contributed by atoms with Crippen molar-refractivity contribution in [3.63, 3.8) is 0 Å². The highest BCUT2D eigenvalue weighted by molar-refractivity contribution is 7.57. The van der Waals surface area contributed by atoms with Crippen LogP contribution in [0, 0.1) is 11.3 Å². The second kappa shape index (κ2) is 6.58. The Hall–Kier alpha value is -0.110. The zero-order valence-corrected chi connectivity index (χ0v) is 11.9. The average Bonchev–Trinajstić information content (AvgIpc) is 2.16. The number of halogens is 1. The van der Waals surface area contributed by atoms with E-state index < -0.39 is 7.59 Å². The van der Waals surface area contributed by atoms with Gasteiger partial charge >= 0.3 is 0 Å². The van der Waals surface area contributed by atoms with Crippen molar-refractivity contribution in [2.24, 2.45) is 5.50 Å². The van der Waals surface area contributed by atoms with Crippen LogP contribution in [0.25, 0.3) is 0 Å². The molecule has 1 atom stereocenters. The smallest absolute Gasteiger partial charge is 0.270 e. The fourth-order valence-electron chi connectivity index (χ4n) is 1.34. The molecule has 16 heavy (non-hydrogen) atoms. The van der Waals surface area contributed by atoms with E-state index in [1.165, 1.54) is 0 Å². The molecule has 0 fully saturated rings. The maximum atomic E-state index is 12.4. The highest BCUT2D eigenvalue weighted by atomic mass is 35.5. The first-order chi connectivity index (χ1) is 7.25. The summed E-state index contributed by atoms with van der Waals surface area (Å²) in [6.07, 6.45) is 0.280. The fraction of sp³-hybridized carbons (Fsp3) is 0.889. The summed E-state index contributed by atoms with van der Waals surface area (Å²) in [5.74, 6) is 0. The van der Waals surface area contributed by atoms with Crippen LogP contribution in [-0.4, -0.2) is 27.5 Å². The van der Waals surface area contributed by atoms with Crippen LogP contribution < -0.4 is 5.50 Å². The molecule has 0 heterocycles. The van der Waals surface area contributed by atoms with Crippen LogP contribution in [0.5, 0.6) is 0 Å². The molecule has 0 aromatic carbocycles. The second-order valence-corrected chi connectivity index (χ2v) is 6.86. The zero-order valence-electron chi connectivity index (χ0n) is 10.2. The fourth-order valence-corrected chi connectivity index (χ4v) is 3.53. The Morgan fingerprint density at radius 3 is 2.19 bits per heavy atom. The Bertz CT molecular complexity index is 302. The Morgan fingerprint density at radius 1 is 1.38 bits per heavy atom. The number of rotatable bonds is 6. The molecule has 0 amide bonds. The molecule has 0 aliphatic heterocycles. The molecule has 2 N–H and O–H groups in total. The number of hydrogen-bond donors (Lipinski definition) is 1. The molecule has 0 radical (unpaired) electrons. The summed E-state index contributed by atoms with van der Waals surface area (Å²) in [6, 6.07) is 1.87. The third kappa shape index (κ3) is 4.04. The third-order valence-electron chi connectivity index (χ3n) is 2.12. The Balaban J connectivity index is 4.90. The highest BCUT2D eigenvalue weighted by Gasteiger charge is 2.35. The van der Waals surface area contributed by atoms with Crippen molar-refractivity contribution in [1.29, 1.82) is 5.26 Å². The molecule has 0 aliphatic carbocycles. The van der Waals surface area contributed by atoms with Crippen LogP contribution in [0.2, 0.25) is 0 Å². The molecule has 0 rings (SSSR count). The van der Waals surface area contributed by atoms with Crippen LogP contribution in [0.1, 0.15) is 34.1 Å². The van der Waals surface area contributed by atoms with E-state index in [2.05, 4.69) is 0 Å². The van der Waals surface area contributed by atoms with E-state index in [0.29, 0.717) is 6.54 Å². The Labute approximate surface area is 103 Å². The maximum Gasteiger partial charge on any atom is 0.295 e. The van der Waals surface area contributed by atoms with Crippen LogP contribution in [0.3, 0.4) is 0 Å². The van der Waals surface area contributed by atoms with E-state index in [9.17, 15) is 4.57 Å². The molecule has 94 valence electrons. The summed E-state index contributed by atoms with van der Waals surface area (Å²) in [7, 11) is -3.25. The minimum Gasteiger partial charge on any atom is -0.270 e. The van der Waals surface area contributed by atoms with Gasteiger partial charge in [0, 0.05) is 25.0 Å². The molecule has 0 spiro atoms. The van der Waals surface area contributed by atoms with Gasteiger partial charge in [0.2, 0.25) is 0 Å². The molecule has 7 heteroatoms. The monoisotopic (exact) mass is 266 g/mol. The molecule has 0 saturated carbocycles. The average molecular weight is 267 g/mol. The van der Waals surface area contributed by atoms with Crippen molar-refractivity contribution in [2.45, 2.75) is 46.2 Å². The van der Waals surface area contributed by atoms with Gasteiger partial charge < -0.3 is 0 Å². The summed E-state index contributed by atoms with van der Waals surface area (Å²) < 4.78 is 15.1. The first kappa shape index (κ1) is 15.9. The lowest BCUT2D eigenvalue weighted by Gasteiger charge is -2.36. The SMILES string of the molecule is CC(C)N(Cl)P(N)(=O)N(CCC#N)C(C)C. The summed E-state index contributed by atoms with van der Waals surface area (Å²) >= 11 is 5.95. The van der Waals surface area contributed by atoms with Crippen LogP contribution >= 0.6 is 19.4 Å². The van der Waals surface area contributed by atoms with Gasteiger partial charge in [-0.15, -0.1) is 4.19 Å². The lowest BCUT2D eigenvalue weighted by molar-refractivity contribution is 0.327. The molecule has 5 nitrogen and oxygen atoms in total. The van der Waals surface area contributed by atoms with Gasteiger partial charge in [-0.2, -0.15) is 5.26 Å². The summed E-state index contributed by atoms with van der Waals surface area (Å²) in [6.45, 7) is 7.74. The van der Waals surface area contributed by atoms with Gasteiger partial charge in [-0.1, -0.05) is 0 Å². The number of hydrogen-bond acceptors (Lipinski definition) is 2. The normalized spacial score (nSPS) is 15.8. The van der Waals surface area contributed by atoms with Crippen molar-refractivity contribution in [2.75, 3.05) is 6.54 Å². The quantitative estimate of drug-likeness (QED) is 0.591. The lowest BCUT2D eigenvalue weighted by Crippen LogP contribution is -2.38. The van der Waals surface area contributed by atoms with E-state index in [0.717, 1.165) is 4.19 Å². The van der Waals surface area contributed by atoms with Gasteiger partial charge in [-0.25, -0.2) is 4.67 Å². The zero-order chi connectivity index (χ0) is 12.9. The van der Waals surface area contributed by atoms with Gasteiger partial charge in [-0.05, 0) is 39.5 Å². The van der Waals surface area contributed by atoms with Crippen LogP contribution in [-0.2, 0) is 4.57 Å². The number of nitriles is 1. The van der Waals surface area contributed by atoms with Crippen LogP contribution in [0.4, 0.5) is 0 Å². The Kier molecular flexibility index (Phi) is 6.54. The van der Waals surface area contributed by atoms with Crippen molar-refractivity contribution in [3.05, 3.63) is 0 Å². The summed E-state index contributed by atoms with van der Waals surface area (Å²) in [4.78, 5) is 0. The summed E-state index contributed by atoms with van der Waals surface area (Å²) in [5.41, 5.74) is 5.81. The molecular weight excluding hydrogens is 247 g/mol. The summed E-state index contributed by atoms with van der Waals surface area (Å²) in [5, 5.41) is 8.56. The van der Waals surface area contributed by atoms with Crippen molar-refractivity contribution < 1.29 is 4.57 Å². The highest BCUT2D eigenvalue weighted by Crippen LogP contribution is 2.49. The minimum atomic E-state index is -3.25. The third-order valence-corrected chi connectivity index (χ3v) is 5.56. The first-order valence-electron chi connectivity index (χ1n) is 5.23. The second-order valence-electron chi connectivity index (χ2n) is 4.14.